The third kappa shape index (κ3) is 10.2. The largest absolute Gasteiger partial charge is 0.491 e. The molecule has 5 amide bonds. The van der Waals surface area contributed by atoms with Crippen LogP contribution in [0.5, 0.6) is 5.75 Å². The molecule has 0 radical (unpaired) electrons. The van der Waals surface area contributed by atoms with Gasteiger partial charge in [-0.25, -0.2) is 14.4 Å². The number of anilines is 3. The zero-order valence-corrected chi connectivity index (χ0v) is 34.6. The quantitative estimate of drug-likeness (QED) is 0.0471. The smallest absolute Gasteiger partial charge is 0.255 e. The second-order valence-corrected chi connectivity index (χ2v) is 16.3. The Balaban J connectivity index is 0.814. The number of piperazine rings is 1. The number of carbonyl (C=O) groups excluding carboxylic acids is 5. The molecular formula is C43H46ClFN8O6S. The standard InChI is InChI=1S/C43H46ClFN8O6S/c1-2-38(54)49-34-23-29-33(46-26-47-41(29)48-27-11-12-32(45)31(44)22-27)24-36(34)59-20-7-15-51-16-18-52(19-17-51)40(56)10-4-3-5-21-60-37-9-6-8-28-30(37)25-53(43(28)58)35-13-14-39(55)50-42(35)57/h2,6,8-9,11-12,22-24,26,35H,1,3-5,7,10,13-21,25H2,(H,49,54)(H,46,47,48)(H,50,55,57). The molecule has 17 heteroatoms. The summed E-state index contributed by atoms with van der Waals surface area (Å²) in [6, 6.07) is 12.8. The van der Waals surface area contributed by atoms with E-state index in [9.17, 15) is 28.4 Å². The lowest BCUT2D eigenvalue weighted by atomic mass is 10.0. The van der Waals surface area contributed by atoms with Crippen molar-refractivity contribution in [3.05, 3.63) is 89.5 Å². The molecule has 3 aliphatic heterocycles. The van der Waals surface area contributed by atoms with Gasteiger partial charge in [0.15, 0.2) is 0 Å². The fourth-order valence-corrected chi connectivity index (χ4v) is 8.85. The first kappa shape index (κ1) is 42.5. The lowest BCUT2D eigenvalue weighted by Crippen LogP contribution is -2.52. The molecule has 1 atom stereocenters. The minimum absolute atomic E-state index is 0.0310. The Bertz CT molecular complexity index is 2310. The molecule has 14 nitrogen and oxygen atoms in total. The number of rotatable bonds is 17. The van der Waals surface area contributed by atoms with Crippen LogP contribution in [-0.4, -0.2) is 105 Å². The number of carbonyl (C=O) groups is 5. The van der Waals surface area contributed by atoms with Crippen LogP contribution in [0.1, 0.15) is 60.9 Å². The van der Waals surface area contributed by atoms with E-state index in [4.69, 9.17) is 16.3 Å². The number of piperidine rings is 1. The van der Waals surface area contributed by atoms with Crippen LogP contribution < -0.4 is 20.7 Å². The van der Waals surface area contributed by atoms with E-state index < -0.39 is 23.7 Å². The number of benzene rings is 3. The van der Waals surface area contributed by atoms with E-state index in [2.05, 4.69) is 37.4 Å². The topological polar surface area (TPSA) is 166 Å². The number of amides is 5. The molecule has 3 aliphatic rings. The third-order valence-electron chi connectivity index (χ3n) is 10.8. The maximum absolute atomic E-state index is 13.7. The molecule has 0 saturated carbocycles. The summed E-state index contributed by atoms with van der Waals surface area (Å²) in [7, 11) is 0. The Hall–Kier alpha value is -5.58. The zero-order chi connectivity index (χ0) is 42.2. The summed E-state index contributed by atoms with van der Waals surface area (Å²) < 4.78 is 19.9. The highest BCUT2D eigenvalue weighted by Gasteiger charge is 2.39. The fraction of sp³-hybridized carbons (Fsp3) is 0.372. The number of unbranched alkanes of at least 4 members (excludes halogenated alkanes) is 2. The summed E-state index contributed by atoms with van der Waals surface area (Å²) in [5.41, 5.74) is 3.07. The molecule has 1 aromatic heterocycles. The van der Waals surface area contributed by atoms with Crippen LogP contribution >= 0.6 is 23.4 Å². The van der Waals surface area contributed by atoms with E-state index >= 15 is 0 Å². The normalized spacial score (nSPS) is 16.8. The second kappa shape index (κ2) is 19.7. The maximum atomic E-state index is 13.7. The molecule has 3 aromatic carbocycles. The van der Waals surface area contributed by atoms with Gasteiger partial charge in [0.05, 0.1) is 22.8 Å². The number of ether oxygens (including phenoxy) is 1. The summed E-state index contributed by atoms with van der Waals surface area (Å²) >= 11 is 7.66. The second-order valence-electron chi connectivity index (χ2n) is 14.8. The molecule has 314 valence electrons. The summed E-state index contributed by atoms with van der Waals surface area (Å²) in [5, 5.41) is 8.86. The van der Waals surface area contributed by atoms with Crippen molar-refractivity contribution < 1.29 is 33.1 Å². The zero-order valence-electron chi connectivity index (χ0n) is 33.0. The van der Waals surface area contributed by atoms with Crippen LogP contribution in [0.4, 0.5) is 21.6 Å². The molecule has 0 spiro atoms. The minimum atomic E-state index is -0.633. The SMILES string of the molecule is C=CC(=O)Nc1cc2c(Nc3ccc(F)c(Cl)c3)ncnc2cc1OCCCN1CCN(C(=O)CCCCCSc2cccc3c2CN(C2CCC(=O)NC2=O)C3=O)CC1. The first-order valence-electron chi connectivity index (χ1n) is 20.0. The van der Waals surface area contributed by atoms with Crippen molar-refractivity contribution in [1.29, 1.82) is 0 Å². The molecule has 4 heterocycles. The number of imide groups is 1. The lowest BCUT2D eigenvalue weighted by molar-refractivity contribution is -0.137. The van der Waals surface area contributed by atoms with Crippen molar-refractivity contribution in [2.45, 2.75) is 62.4 Å². The molecule has 2 fully saturated rings. The average Bonchev–Trinajstić information content (AvgIpc) is 3.58. The van der Waals surface area contributed by atoms with Crippen molar-refractivity contribution in [3.8, 4) is 5.75 Å². The first-order chi connectivity index (χ1) is 29.1. The van der Waals surface area contributed by atoms with Gasteiger partial charge in [-0.2, -0.15) is 0 Å². The number of nitrogens with one attached hydrogen (secondary N) is 3. The van der Waals surface area contributed by atoms with Gasteiger partial charge in [-0.15, -0.1) is 11.8 Å². The number of fused-ring (bicyclic) bond motifs is 2. The van der Waals surface area contributed by atoms with E-state index in [1.807, 2.05) is 17.0 Å². The highest BCUT2D eigenvalue weighted by molar-refractivity contribution is 7.99. The average molecular weight is 857 g/mol. The van der Waals surface area contributed by atoms with Crippen molar-refractivity contribution in [3.63, 3.8) is 0 Å². The number of nitrogens with zero attached hydrogens (tertiary/aromatic N) is 5. The van der Waals surface area contributed by atoms with E-state index in [-0.39, 0.29) is 29.2 Å². The van der Waals surface area contributed by atoms with E-state index in [0.29, 0.717) is 78.5 Å². The van der Waals surface area contributed by atoms with Crippen LogP contribution in [0.3, 0.4) is 0 Å². The number of hydrogen-bond donors (Lipinski definition) is 3. The van der Waals surface area contributed by atoms with Gasteiger partial charge in [-0.05, 0) is 79.5 Å². The van der Waals surface area contributed by atoms with E-state index in [0.717, 1.165) is 61.5 Å². The summed E-state index contributed by atoms with van der Waals surface area (Å²) in [5.74, 6) is 0.0831. The predicted molar refractivity (Wildman–Crippen MR) is 228 cm³/mol. The Kier molecular flexibility index (Phi) is 13.9. The molecule has 0 bridgehead atoms. The van der Waals surface area contributed by atoms with Gasteiger partial charge in [0.2, 0.25) is 23.6 Å². The van der Waals surface area contributed by atoms with Crippen molar-refractivity contribution in [2.24, 2.45) is 0 Å². The molecule has 3 N–H and O–H groups in total. The van der Waals surface area contributed by atoms with Crippen LogP contribution in [0.15, 0.2) is 72.4 Å². The fourth-order valence-electron chi connectivity index (χ4n) is 7.57. The predicted octanol–water partition coefficient (Wildman–Crippen LogP) is 6.32. The monoisotopic (exact) mass is 856 g/mol. The molecule has 7 rings (SSSR count). The first-order valence-corrected chi connectivity index (χ1v) is 21.4. The van der Waals surface area contributed by atoms with Gasteiger partial charge >= 0.3 is 0 Å². The molecule has 0 aliphatic carbocycles. The Morgan fingerprint density at radius 3 is 2.65 bits per heavy atom. The number of halogens is 2. The minimum Gasteiger partial charge on any atom is -0.491 e. The third-order valence-corrected chi connectivity index (χ3v) is 12.3. The van der Waals surface area contributed by atoms with Crippen LogP contribution in [-0.2, 0) is 25.7 Å². The van der Waals surface area contributed by atoms with Gasteiger partial charge in [0.25, 0.3) is 5.91 Å². The van der Waals surface area contributed by atoms with E-state index in [1.54, 1.807) is 40.9 Å². The van der Waals surface area contributed by atoms with Crippen molar-refractivity contribution in [2.75, 3.05) is 55.7 Å². The number of thioether (sulfide) groups is 1. The van der Waals surface area contributed by atoms with Crippen LogP contribution in [0.25, 0.3) is 10.9 Å². The summed E-state index contributed by atoms with van der Waals surface area (Å²) in [4.78, 5) is 78.1. The van der Waals surface area contributed by atoms with Crippen molar-refractivity contribution in [1.82, 2.24) is 30.0 Å². The summed E-state index contributed by atoms with van der Waals surface area (Å²) in [6.07, 6.45) is 7.02. The highest BCUT2D eigenvalue weighted by atomic mass is 35.5. The van der Waals surface area contributed by atoms with E-state index in [1.165, 1.54) is 24.5 Å². The van der Waals surface area contributed by atoms with Crippen LogP contribution in [0.2, 0.25) is 5.02 Å². The Labute approximate surface area is 356 Å². The Morgan fingerprint density at radius 2 is 1.87 bits per heavy atom. The molecule has 4 aromatic rings. The van der Waals surface area contributed by atoms with Gasteiger partial charge < -0.3 is 25.2 Å². The lowest BCUT2D eigenvalue weighted by Gasteiger charge is -2.34. The molecular weight excluding hydrogens is 811 g/mol. The maximum Gasteiger partial charge on any atom is 0.255 e. The number of aromatic nitrogens is 2. The van der Waals surface area contributed by atoms with Gasteiger partial charge in [0.1, 0.15) is 29.8 Å². The molecule has 2 saturated heterocycles. The van der Waals surface area contributed by atoms with Gasteiger partial charge in [0, 0.05) is 79.7 Å². The highest BCUT2D eigenvalue weighted by Crippen LogP contribution is 2.36. The summed E-state index contributed by atoms with van der Waals surface area (Å²) in [6.45, 7) is 7.97. The number of hydrogen-bond acceptors (Lipinski definition) is 11. The molecule has 60 heavy (non-hydrogen) atoms. The van der Waals surface area contributed by atoms with Crippen molar-refractivity contribution >= 4 is 81.0 Å². The Morgan fingerprint density at radius 1 is 1.03 bits per heavy atom. The van der Waals surface area contributed by atoms with Gasteiger partial charge in [-0.1, -0.05) is 30.7 Å². The van der Waals surface area contributed by atoms with Gasteiger partial charge in [-0.3, -0.25) is 34.2 Å². The van der Waals surface area contributed by atoms with Crippen LogP contribution in [0, 0.1) is 5.82 Å². The molecule has 1 unspecified atom stereocenters.